The molecule has 0 saturated carbocycles. The number of amides is 2. The van der Waals surface area contributed by atoms with Crippen LogP contribution >= 0.6 is 34.5 Å². The van der Waals surface area contributed by atoms with E-state index in [1.54, 1.807) is 23.5 Å². The molecule has 2 heterocycles. The van der Waals surface area contributed by atoms with Crippen molar-refractivity contribution in [2.75, 3.05) is 13.1 Å². The smallest absolute Gasteiger partial charge is 0.253 e. The quantitative estimate of drug-likeness (QED) is 0.648. The van der Waals surface area contributed by atoms with Gasteiger partial charge in [0.1, 0.15) is 5.01 Å². The number of nitrogens with zero attached hydrogens (tertiary/aromatic N) is 2. The van der Waals surface area contributed by atoms with Gasteiger partial charge in [-0.1, -0.05) is 35.3 Å². The van der Waals surface area contributed by atoms with Crippen LogP contribution in [0, 0.1) is 0 Å². The molecule has 1 atom stereocenters. The number of likely N-dealkylation sites (tertiary alicyclic amines) is 1. The number of benzene rings is 2. The van der Waals surface area contributed by atoms with Gasteiger partial charge in [-0.3, -0.25) is 9.59 Å². The number of carbonyl (C=O) groups excluding carboxylic acids is 2. The van der Waals surface area contributed by atoms with Gasteiger partial charge in [0.15, 0.2) is 0 Å². The molecule has 8 heteroatoms. The van der Waals surface area contributed by atoms with E-state index in [1.807, 2.05) is 29.2 Å². The number of thiazole rings is 1. The lowest BCUT2D eigenvalue weighted by Crippen LogP contribution is -2.39. The van der Waals surface area contributed by atoms with Crippen molar-refractivity contribution in [2.45, 2.75) is 18.9 Å². The van der Waals surface area contributed by atoms with Crippen molar-refractivity contribution in [2.24, 2.45) is 0 Å². The topological polar surface area (TPSA) is 62.3 Å². The number of rotatable bonds is 4. The summed E-state index contributed by atoms with van der Waals surface area (Å²) >= 11 is 13.5. The van der Waals surface area contributed by atoms with Crippen molar-refractivity contribution in [1.82, 2.24) is 15.2 Å². The molecule has 0 bridgehead atoms. The van der Waals surface area contributed by atoms with Gasteiger partial charge in [0.25, 0.3) is 5.91 Å². The fraction of sp³-hybridized carbons (Fsp3) is 0.250. The average Bonchev–Trinajstić information content (AvgIpc) is 3.32. The predicted octanol–water partition coefficient (Wildman–Crippen LogP) is 4.70. The van der Waals surface area contributed by atoms with Crippen molar-refractivity contribution in [3.63, 3.8) is 0 Å². The van der Waals surface area contributed by atoms with Crippen LogP contribution in [0.3, 0.4) is 0 Å². The molecule has 144 valence electrons. The highest BCUT2D eigenvalue weighted by Gasteiger charge is 2.32. The van der Waals surface area contributed by atoms with Crippen LogP contribution in [0.15, 0.2) is 42.5 Å². The molecular weight excluding hydrogens is 417 g/mol. The lowest BCUT2D eigenvalue weighted by molar-refractivity contribution is -0.131. The second-order valence-electron chi connectivity index (χ2n) is 6.57. The van der Waals surface area contributed by atoms with E-state index in [1.165, 1.54) is 6.07 Å². The molecule has 1 saturated heterocycles. The number of carbonyl (C=O) groups is 2. The first-order valence-corrected chi connectivity index (χ1v) is 10.5. The van der Waals surface area contributed by atoms with Crippen LogP contribution in [0.2, 0.25) is 10.0 Å². The second-order valence-corrected chi connectivity index (χ2v) is 8.48. The average molecular weight is 434 g/mol. The Kier molecular flexibility index (Phi) is 5.53. The molecule has 1 aromatic heterocycles. The van der Waals surface area contributed by atoms with E-state index in [0.717, 1.165) is 28.1 Å². The minimum absolute atomic E-state index is 0.0408. The molecule has 3 aromatic rings. The third-order valence-electron chi connectivity index (χ3n) is 4.74. The minimum Gasteiger partial charge on any atom is -0.343 e. The molecule has 0 spiro atoms. The predicted molar refractivity (Wildman–Crippen MR) is 112 cm³/mol. The van der Waals surface area contributed by atoms with Gasteiger partial charge in [-0.15, -0.1) is 11.3 Å². The van der Waals surface area contributed by atoms with E-state index >= 15 is 0 Å². The molecule has 28 heavy (non-hydrogen) atoms. The van der Waals surface area contributed by atoms with E-state index in [4.69, 9.17) is 28.2 Å². The van der Waals surface area contributed by atoms with E-state index in [9.17, 15) is 9.59 Å². The summed E-state index contributed by atoms with van der Waals surface area (Å²) in [6, 6.07) is 12.6. The lowest BCUT2D eigenvalue weighted by atomic mass is 10.2. The van der Waals surface area contributed by atoms with Gasteiger partial charge < -0.3 is 10.2 Å². The molecule has 4 rings (SSSR count). The third kappa shape index (κ3) is 3.85. The van der Waals surface area contributed by atoms with Gasteiger partial charge in [-0.2, -0.15) is 0 Å². The van der Waals surface area contributed by atoms with Gasteiger partial charge in [-0.05, 0) is 43.2 Å². The zero-order chi connectivity index (χ0) is 19.7. The van der Waals surface area contributed by atoms with Gasteiger partial charge in [-0.25, -0.2) is 4.98 Å². The summed E-state index contributed by atoms with van der Waals surface area (Å²) < 4.78 is 1.11. The van der Waals surface area contributed by atoms with Crippen molar-refractivity contribution in [1.29, 1.82) is 0 Å². The van der Waals surface area contributed by atoms with Crippen LogP contribution in [0.5, 0.6) is 0 Å². The summed E-state index contributed by atoms with van der Waals surface area (Å²) in [5.41, 5.74) is 1.25. The van der Waals surface area contributed by atoms with Crippen molar-refractivity contribution >= 4 is 56.6 Å². The molecule has 2 amide bonds. The number of aromatic nitrogens is 1. The third-order valence-corrected chi connectivity index (χ3v) is 6.43. The maximum atomic E-state index is 12.8. The number of fused-ring (bicyclic) bond motifs is 1. The van der Waals surface area contributed by atoms with Gasteiger partial charge in [0.2, 0.25) is 5.91 Å². The molecule has 2 aromatic carbocycles. The number of hydrogen-bond acceptors (Lipinski definition) is 4. The zero-order valence-corrected chi connectivity index (χ0v) is 17.2. The Bertz CT molecular complexity index is 1020. The molecule has 0 radical (unpaired) electrons. The second kappa shape index (κ2) is 8.07. The lowest BCUT2D eigenvalue weighted by Gasteiger charge is -2.23. The highest BCUT2D eigenvalue weighted by molar-refractivity contribution is 7.18. The van der Waals surface area contributed by atoms with Crippen LogP contribution < -0.4 is 5.32 Å². The zero-order valence-electron chi connectivity index (χ0n) is 14.8. The van der Waals surface area contributed by atoms with Gasteiger partial charge >= 0.3 is 0 Å². The van der Waals surface area contributed by atoms with Crippen molar-refractivity contribution in [3.8, 4) is 0 Å². The molecule has 1 fully saturated rings. The van der Waals surface area contributed by atoms with Gasteiger partial charge in [0.05, 0.1) is 33.4 Å². The Balaban J connectivity index is 1.44. The monoisotopic (exact) mass is 433 g/mol. The summed E-state index contributed by atoms with van der Waals surface area (Å²) in [5.74, 6) is -0.522. The first-order valence-electron chi connectivity index (χ1n) is 8.91. The Morgan fingerprint density at radius 3 is 2.82 bits per heavy atom. The summed E-state index contributed by atoms with van der Waals surface area (Å²) in [6.45, 7) is 0.580. The van der Waals surface area contributed by atoms with Crippen LogP contribution in [-0.4, -0.2) is 34.8 Å². The molecule has 0 unspecified atom stereocenters. The summed E-state index contributed by atoms with van der Waals surface area (Å²) in [7, 11) is 0. The maximum Gasteiger partial charge on any atom is 0.253 e. The first kappa shape index (κ1) is 19.2. The number of nitrogens with one attached hydrogen (secondary N) is 1. The molecule has 0 aliphatic carbocycles. The maximum absolute atomic E-state index is 12.8. The number of para-hydroxylation sites is 1. The number of halogens is 2. The molecule has 1 aliphatic heterocycles. The Morgan fingerprint density at radius 1 is 1.21 bits per heavy atom. The van der Waals surface area contributed by atoms with E-state index in [-0.39, 0.29) is 23.5 Å². The standard InChI is InChI=1S/C20H17Cl2N3O2S/c21-12-7-8-13(14(22)10-12)19(27)23-11-18(26)25-9-3-5-16(25)20-24-15-4-1-2-6-17(15)28-20/h1-2,4,6-8,10,16H,3,5,9,11H2,(H,23,27)/t16-/m0/s1. The van der Waals surface area contributed by atoms with Gasteiger partial charge in [0, 0.05) is 11.6 Å². The Labute approximate surface area is 176 Å². The van der Waals surface area contributed by atoms with E-state index in [2.05, 4.69) is 5.32 Å². The molecule has 1 N–H and O–H groups in total. The minimum atomic E-state index is -0.397. The fourth-order valence-electron chi connectivity index (χ4n) is 3.38. The highest BCUT2D eigenvalue weighted by atomic mass is 35.5. The molecular formula is C20H17Cl2N3O2S. The summed E-state index contributed by atoms with van der Waals surface area (Å²) in [5, 5.41) is 4.31. The van der Waals surface area contributed by atoms with E-state index < -0.39 is 5.91 Å². The normalized spacial score (nSPS) is 16.5. The summed E-state index contributed by atoms with van der Waals surface area (Å²) in [6.07, 6.45) is 1.80. The Morgan fingerprint density at radius 2 is 2.04 bits per heavy atom. The fourth-order valence-corrected chi connectivity index (χ4v) is 4.99. The van der Waals surface area contributed by atoms with Crippen LogP contribution in [-0.2, 0) is 4.79 Å². The van der Waals surface area contributed by atoms with E-state index in [0.29, 0.717) is 17.1 Å². The van der Waals surface area contributed by atoms with Crippen LogP contribution in [0.25, 0.3) is 10.2 Å². The molecule has 1 aliphatic rings. The van der Waals surface area contributed by atoms with Crippen molar-refractivity contribution in [3.05, 3.63) is 63.1 Å². The van der Waals surface area contributed by atoms with Crippen molar-refractivity contribution < 1.29 is 9.59 Å². The van der Waals surface area contributed by atoms with Crippen LogP contribution in [0.4, 0.5) is 0 Å². The summed E-state index contributed by atoms with van der Waals surface area (Å²) in [4.78, 5) is 31.6. The molecule has 5 nitrogen and oxygen atoms in total. The highest BCUT2D eigenvalue weighted by Crippen LogP contribution is 2.36. The number of hydrogen-bond donors (Lipinski definition) is 1. The van der Waals surface area contributed by atoms with Crippen LogP contribution in [0.1, 0.15) is 34.2 Å². The largest absolute Gasteiger partial charge is 0.343 e. The Hall–Kier alpha value is -2.15. The SMILES string of the molecule is O=C(NCC(=O)N1CCC[C@H]1c1nc2ccccc2s1)c1ccc(Cl)cc1Cl. The first-order chi connectivity index (χ1) is 13.5.